The average Bonchev–Trinajstić information content (AvgIpc) is 2.83. The summed E-state index contributed by atoms with van der Waals surface area (Å²) in [6.07, 6.45) is 0.380. The van der Waals surface area contributed by atoms with Crippen molar-refractivity contribution in [3.05, 3.63) is 29.8 Å². The number of carbonyl (C=O) groups is 4. The highest BCUT2D eigenvalue weighted by atomic mass is 32.2. The Kier molecular flexibility index (Phi) is 13.1. The summed E-state index contributed by atoms with van der Waals surface area (Å²) in [5.74, 6) is -4.23. The van der Waals surface area contributed by atoms with E-state index in [0.717, 1.165) is 22.2 Å². The molecule has 1 aliphatic heterocycles. The van der Waals surface area contributed by atoms with Gasteiger partial charge in [0.25, 0.3) is 0 Å². The summed E-state index contributed by atoms with van der Waals surface area (Å²) >= 11 is 1.02. The van der Waals surface area contributed by atoms with Crippen LogP contribution in [0.3, 0.4) is 0 Å². The highest BCUT2D eigenvalue weighted by molar-refractivity contribution is 8.03. The van der Waals surface area contributed by atoms with E-state index in [4.69, 9.17) is 5.26 Å². The number of thioether (sulfide) groups is 1. The number of nitrogens with zero attached hydrogens (tertiary/aromatic N) is 5. The zero-order valence-corrected chi connectivity index (χ0v) is 22.6. The van der Waals surface area contributed by atoms with Crippen LogP contribution in [0, 0.1) is 10.7 Å². The van der Waals surface area contributed by atoms with Crippen molar-refractivity contribution in [2.75, 3.05) is 65.4 Å². The maximum atomic E-state index is 11.8. The Labute approximate surface area is 231 Å². The Hall–Kier alpha value is -3.22. The van der Waals surface area contributed by atoms with Crippen LogP contribution in [-0.4, -0.2) is 141 Å². The van der Waals surface area contributed by atoms with Gasteiger partial charge in [-0.3, -0.25) is 38.8 Å². The average molecular weight is 566 g/mol. The van der Waals surface area contributed by atoms with Gasteiger partial charge in [-0.1, -0.05) is 12.1 Å². The van der Waals surface area contributed by atoms with Crippen LogP contribution >= 0.6 is 11.8 Å². The lowest BCUT2D eigenvalue weighted by Crippen LogP contribution is -2.55. The molecule has 1 aromatic rings. The topological polar surface area (TPSA) is 186 Å². The van der Waals surface area contributed by atoms with Crippen molar-refractivity contribution in [1.29, 1.82) is 5.26 Å². The van der Waals surface area contributed by atoms with Gasteiger partial charge in [-0.05, 0) is 42.8 Å². The first-order valence-corrected chi connectivity index (χ1v) is 13.2. The minimum Gasteiger partial charge on any atom is -0.480 e. The molecule has 0 amide bonds. The van der Waals surface area contributed by atoms with Crippen LogP contribution in [0.25, 0.3) is 0 Å². The van der Waals surface area contributed by atoms with Crippen LogP contribution in [-0.2, 0) is 25.6 Å². The van der Waals surface area contributed by atoms with Gasteiger partial charge in [0, 0.05) is 56.2 Å². The molecule has 1 heterocycles. The molecule has 1 aliphatic rings. The van der Waals surface area contributed by atoms with E-state index in [1.165, 1.54) is 0 Å². The van der Waals surface area contributed by atoms with Crippen molar-refractivity contribution in [3.63, 3.8) is 0 Å². The zero-order valence-electron chi connectivity index (χ0n) is 21.8. The van der Waals surface area contributed by atoms with Crippen LogP contribution in [0.2, 0.25) is 0 Å². The second-order valence-corrected chi connectivity index (χ2v) is 10.4. The van der Waals surface area contributed by atoms with E-state index >= 15 is 0 Å². The van der Waals surface area contributed by atoms with Gasteiger partial charge >= 0.3 is 23.9 Å². The predicted octanol–water partition coefficient (Wildman–Crippen LogP) is 0.119. The smallest absolute Gasteiger partial charge is 0.317 e. The number of benzene rings is 1. The molecule has 0 spiro atoms. The molecule has 39 heavy (non-hydrogen) atoms. The maximum absolute atomic E-state index is 11.8. The van der Waals surface area contributed by atoms with Gasteiger partial charge in [-0.15, -0.1) is 0 Å². The van der Waals surface area contributed by atoms with Crippen LogP contribution in [0.15, 0.2) is 29.2 Å². The first kappa shape index (κ1) is 32.0. The molecule has 13 nitrogen and oxygen atoms in total. The summed E-state index contributed by atoms with van der Waals surface area (Å²) < 4.78 is 0. The molecule has 0 saturated carbocycles. The van der Waals surface area contributed by atoms with E-state index in [1.807, 2.05) is 17.5 Å². The Morgan fingerprint density at radius 2 is 1.31 bits per heavy atom. The number of carboxylic acids is 4. The summed E-state index contributed by atoms with van der Waals surface area (Å²) in [5.41, 5.74) is 0.864. The van der Waals surface area contributed by atoms with Gasteiger partial charge in [-0.25, -0.2) is 0 Å². The number of nitriles is 1. The number of carboxylic acid groups (broad SMARTS) is 4. The highest BCUT2D eigenvalue weighted by Crippen LogP contribution is 2.20. The van der Waals surface area contributed by atoms with Crippen molar-refractivity contribution < 1.29 is 39.6 Å². The number of hydrogen-bond donors (Lipinski definition) is 4. The summed E-state index contributed by atoms with van der Waals surface area (Å²) in [7, 11) is 0. The van der Waals surface area contributed by atoms with E-state index in [1.54, 1.807) is 38.7 Å². The summed E-state index contributed by atoms with van der Waals surface area (Å²) in [5, 5.41) is 49.0. The first-order valence-electron chi connectivity index (χ1n) is 12.4. The van der Waals surface area contributed by atoms with Crippen molar-refractivity contribution in [3.8, 4) is 5.40 Å². The van der Waals surface area contributed by atoms with Gasteiger partial charge < -0.3 is 20.4 Å². The highest BCUT2D eigenvalue weighted by Gasteiger charge is 2.30. The van der Waals surface area contributed by atoms with E-state index in [0.29, 0.717) is 6.42 Å². The third-order valence-corrected chi connectivity index (χ3v) is 7.10. The molecular formula is C25H35N5O8S. The molecule has 1 saturated heterocycles. The molecular weight excluding hydrogens is 530 g/mol. The number of thiocyanates is 1. The Balaban J connectivity index is 2.46. The van der Waals surface area contributed by atoms with E-state index in [-0.39, 0.29) is 65.4 Å². The monoisotopic (exact) mass is 565 g/mol. The lowest BCUT2D eigenvalue weighted by Gasteiger charge is -2.40. The number of aliphatic carboxylic acids is 4. The molecule has 2 atom stereocenters. The molecule has 2 rings (SSSR count). The van der Waals surface area contributed by atoms with Crippen molar-refractivity contribution in [2.45, 2.75) is 30.3 Å². The minimum atomic E-state index is -1.07. The van der Waals surface area contributed by atoms with Gasteiger partial charge in [0.2, 0.25) is 0 Å². The number of hydrogen-bond acceptors (Lipinski definition) is 10. The summed E-state index contributed by atoms with van der Waals surface area (Å²) in [6, 6.07) is 6.41. The molecule has 4 N–H and O–H groups in total. The molecule has 1 aromatic carbocycles. The van der Waals surface area contributed by atoms with Gasteiger partial charge in [0.05, 0.1) is 26.2 Å². The SMILES string of the molecule is CC1CN(CC(=O)O)CCN(CC(=O)O)CCN(CC(=O)O)C(Cc2ccc(SC#N)cc2)CN1CC(=O)O. The van der Waals surface area contributed by atoms with Gasteiger partial charge in [0.1, 0.15) is 5.40 Å². The normalized spacial score (nSPS) is 20.8. The van der Waals surface area contributed by atoms with Gasteiger partial charge in [-0.2, -0.15) is 5.26 Å². The maximum Gasteiger partial charge on any atom is 0.317 e. The van der Waals surface area contributed by atoms with Crippen LogP contribution < -0.4 is 0 Å². The molecule has 0 aliphatic carbocycles. The lowest BCUT2D eigenvalue weighted by atomic mass is 10.0. The van der Waals surface area contributed by atoms with Crippen molar-refractivity contribution >= 4 is 35.6 Å². The van der Waals surface area contributed by atoms with E-state index < -0.39 is 36.0 Å². The fourth-order valence-electron chi connectivity index (χ4n) is 4.67. The second kappa shape index (κ2) is 16.0. The summed E-state index contributed by atoms with van der Waals surface area (Å²) in [6.45, 7) is 1.93. The first-order chi connectivity index (χ1) is 18.5. The molecule has 214 valence electrons. The molecule has 2 unspecified atom stereocenters. The second-order valence-electron chi connectivity index (χ2n) is 9.53. The van der Waals surface area contributed by atoms with Crippen LogP contribution in [0.4, 0.5) is 0 Å². The Bertz CT molecular complexity index is 1030. The van der Waals surface area contributed by atoms with Crippen molar-refractivity contribution in [1.82, 2.24) is 19.6 Å². The van der Waals surface area contributed by atoms with Gasteiger partial charge in [0.15, 0.2) is 0 Å². The molecule has 0 radical (unpaired) electrons. The Morgan fingerprint density at radius 3 is 1.87 bits per heavy atom. The Morgan fingerprint density at radius 1 is 0.795 bits per heavy atom. The zero-order chi connectivity index (χ0) is 28.9. The fraction of sp³-hybridized carbons (Fsp3) is 0.560. The van der Waals surface area contributed by atoms with E-state index in [9.17, 15) is 39.6 Å². The van der Waals surface area contributed by atoms with E-state index in [2.05, 4.69) is 0 Å². The van der Waals surface area contributed by atoms with Crippen molar-refractivity contribution in [2.24, 2.45) is 0 Å². The van der Waals surface area contributed by atoms with Crippen LogP contribution in [0.5, 0.6) is 0 Å². The molecule has 14 heteroatoms. The third kappa shape index (κ3) is 12.0. The fourth-order valence-corrected chi connectivity index (χ4v) is 5.04. The number of rotatable bonds is 11. The summed E-state index contributed by atoms with van der Waals surface area (Å²) in [4.78, 5) is 54.1. The standard InChI is InChI=1S/C25H35N5O8S/c1-18-11-28(14-23(33)34)7-6-27(13-22(31)32)8-9-29(15-24(35)36)20(12-30(18)16-25(37)38)10-19-2-4-21(5-3-19)39-17-26/h2-5,18,20H,6-16H2,1H3,(H,31,32)(H,33,34)(H,35,36)(H,37,38). The molecule has 0 aromatic heterocycles. The lowest BCUT2D eigenvalue weighted by molar-refractivity contribution is -0.142. The minimum absolute atomic E-state index is 0.190. The molecule has 0 bridgehead atoms. The third-order valence-electron chi connectivity index (χ3n) is 6.50. The van der Waals surface area contributed by atoms with Crippen LogP contribution in [0.1, 0.15) is 12.5 Å². The largest absolute Gasteiger partial charge is 0.480 e. The quantitative estimate of drug-likeness (QED) is 0.209. The predicted molar refractivity (Wildman–Crippen MR) is 141 cm³/mol. The molecule has 1 fully saturated rings.